The van der Waals surface area contributed by atoms with E-state index in [9.17, 15) is 9.90 Å². The molecule has 25 heavy (non-hydrogen) atoms. The van der Waals surface area contributed by atoms with Crippen molar-refractivity contribution >= 4 is 5.97 Å². The van der Waals surface area contributed by atoms with Crippen LogP contribution in [0.4, 0.5) is 0 Å². The molecular weight excluding hydrogens is 316 g/mol. The third-order valence-corrected chi connectivity index (χ3v) is 4.83. The Morgan fingerprint density at radius 1 is 1.24 bits per heavy atom. The summed E-state index contributed by atoms with van der Waals surface area (Å²) < 4.78 is 6.01. The Balaban J connectivity index is 1.75. The number of hydrogen-bond acceptors (Lipinski definition) is 4. The summed E-state index contributed by atoms with van der Waals surface area (Å²) in [5.74, 6) is 0.514. The van der Waals surface area contributed by atoms with Gasteiger partial charge in [0.05, 0.1) is 6.61 Å². The molecular formula is C20H24N2O3. The number of nitrogens with one attached hydrogen (secondary N) is 1. The zero-order chi connectivity index (χ0) is 17.6. The maximum atomic E-state index is 11.4. The molecule has 132 valence electrons. The number of carboxylic acids is 1. The Morgan fingerprint density at radius 2 is 2.00 bits per heavy atom. The van der Waals surface area contributed by atoms with E-state index in [1.807, 2.05) is 25.1 Å². The molecule has 0 bridgehead atoms. The molecule has 1 fully saturated rings. The van der Waals surface area contributed by atoms with Gasteiger partial charge in [-0.05, 0) is 68.5 Å². The lowest BCUT2D eigenvalue weighted by Gasteiger charge is -2.22. The minimum Gasteiger partial charge on any atom is -0.493 e. The Morgan fingerprint density at radius 3 is 2.76 bits per heavy atom. The molecule has 2 aromatic rings. The lowest BCUT2D eigenvalue weighted by Crippen LogP contribution is -2.28. The standard InChI is InChI=1S/C20H24N2O3/c1-14-16(17-5-3-10-22-19(17)20(23)24)4-2-6-18(14)25-13-9-15-7-11-21-12-8-15/h2-6,10,15,21H,7-9,11-13H2,1H3,(H,23,24). The molecule has 0 aliphatic carbocycles. The van der Waals surface area contributed by atoms with Crippen molar-refractivity contribution in [1.82, 2.24) is 10.3 Å². The monoisotopic (exact) mass is 340 g/mol. The van der Waals surface area contributed by atoms with Crippen molar-refractivity contribution in [2.45, 2.75) is 26.2 Å². The minimum absolute atomic E-state index is 0.0671. The predicted octanol–water partition coefficient (Wildman–Crippen LogP) is 3.52. The highest BCUT2D eigenvalue weighted by Gasteiger charge is 2.17. The van der Waals surface area contributed by atoms with Gasteiger partial charge in [-0.25, -0.2) is 9.78 Å². The minimum atomic E-state index is -1.02. The Labute approximate surface area is 148 Å². The van der Waals surface area contributed by atoms with Crippen molar-refractivity contribution in [2.75, 3.05) is 19.7 Å². The number of carbonyl (C=O) groups is 1. The van der Waals surface area contributed by atoms with Gasteiger partial charge in [0.25, 0.3) is 0 Å². The Hall–Kier alpha value is -2.40. The van der Waals surface area contributed by atoms with E-state index in [0.29, 0.717) is 12.2 Å². The fourth-order valence-corrected chi connectivity index (χ4v) is 3.36. The van der Waals surface area contributed by atoms with E-state index in [0.717, 1.165) is 42.3 Å². The molecule has 2 heterocycles. The van der Waals surface area contributed by atoms with Crippen LogP contribution in [-0.4, -0.2) is 35.8 Å². The lowest BCUT2D eigenvalue weighted by atomic mass is 9.95. The van der Waals surface area contributed by atoms with Gasteiger partial charge in [-0.2, -0.15) is 0 Å². The summed E-state index contributed by atoms with van der Waals surface area (Å²) in [6.07, 6.45) is 4.97. The highest BCUT2D eigenvalue weighted by Crippen LogP contribution is 2.31. The lowest BCUT2D eigenvalue weighted by molar-refractivity contribution is 0.0691. The number of hydrogen-bond donors (Lipinski definition) is 2. The van der Waals surface area contributed by atoms with Gasteiger partial charge in [0.2, 0.25) is 0 Å². The van der Waals surface area contributed by atoms with Gasteiger partial charge in [-0.15, -0.1) is 0 Å². The van der Waals surface area contributed by atoms with E-state index >= 15 is 0 Å². The zero-order valence-electron chi connectivity index (χ0n) is 14.5. The van der Waals surface area contributed by atoms with Crippen LogP contribution in [0.25, 0.3) is 11.1 Å². The van der Waals surface area contributed by atoms with Crippen LogP contribution < -0.4 is 10.1 Å². The number of ether oxygens (including phenoxy) is 1. The SMILES string of the molecule is Cc1c(OCCC2CCNCC2)cccc1-c1cccnc1C(=O)O. The van der Waals surface area contributed by atoms with E-state index in [4.69, 9.17) is 4.74 Å². The molecule has 0 atom stereocenters. The molecule has 0 amide bonds. The fraction of sp³-hybridized carbons (Fsp3) is 0.400. The van der Waals surface area contributed by atoms with Crippen LogP contribution in [-0.2, 0) is 0 Å². The van der Waals surface area contributed by atoms with Crippen molar-refractivity contribution in [3.8, 4) is 16.9 Å². The number of aromatic carboxylic acids is 1. The van der Waals surface area contributed by atoms with Gasteiger partial charge >= 0.3 is 5.97 Å². The predicted molar refractivity (Wildman–Crippen MR) is 97.1 cm³/mol. The van der Waals surface area contributed by atoms with Crippen LogP contribution in [0.15, 0.2) is 36.5 Å². The summed E-state index contributed by atoms with van der Waals surface area (Å²) in [4.78, 5) is 15.4. The number of pyridine rings is 1. The highest BCUT2D eigenvalue weighted by molar-refractivity contribution is 5.94. The molecule has 1 aromatic heterocycles. The molecule has 1 saturated heterocycles. The largest absolute Gasteiger partial charge is 0.493 e. The zero-order valence-corrected chi connectivity index (χ0v) is 14.5. The second-order valence-electron chi connectivity index (χ2n) is 6.46. The number of carboxylic acid groups (broad SMARTS) is 1. The molecule has 2 N–H and O–H groups in total. The van der Waals surface area contributed by atoms with E-state index in [1.165, 1.54) is 19.0 Å². The number of benzene rings is 1. The molecule has 1 aliphatic heterocycles. The maximum Gasteiger partial charge on any atom is 0.355 e. The first-order valence-corrected chi connectivity index (χ1v) is 8.78. The fourth-order valence-electron chi connectivity index (χ4n) is 3.36. The summed E-state index contributed by atoms with van der Waals surface area (Å²) in [5, 5.41) is 12.8. The van der Waals surface area contributed by atoms with Gasteiger partial charge in [-0.3, -0.25) is 0 Å². The topological polar surface area (TPSA) is 71.5 Å². The van der Waals surface area contributed by atoms with Crippen LogP contribution in [0.1, 0.15) is 35.3 Å². The normalized spacial score (nSPS) is 15.1. The quantitative estimate of drug-likeness (QED) is 0.842. The number of aromatic nitrogens is 1. The van der Waals surface area contributed by atoms with Crippen LogP contribution >= 0.6 is 0 Å². The molecule has 1 aromatic carbocycles. The van der Waals surface area contributed by atoms with Crippen molar-refractivity contribution in [2.24, 2.45) is 5.92 Å². The second kappa shape index (κ2) is 8.12. The first kappa shape index (κ1) is 17.4. The van der Waals surface area contributed by atoms with E-state index in [1.54, 1.807) is 12.1 Å². The van der Waals surface area contributed by atoms with E-state index in [-0.39, 0.29) is 5.69 Å². The highest BCUT2D eigenvalue weighted by atomic mass is 16.5. The molecule has 5 nitrogen and oxygen atoms in total. The van der Waals surface area contributed by atoms with E-state index in [2.05, 4.69) is 10.3 Å². The summed E-state index contributed by atoms with van der Waals surface area (Å²) in [6, 6.07) is 9.31. The average molecular weight is 340 g/mol. The van der Waals surface area contributed by atoms with Gasteiger partial charge < -0.3 is 15.2 Å². The first-order valence-electron chi connectivity index (χ1n) is 8.78. The third kappa shape index (κ3) is 4.17. The smallest absolute Gasteiger partial charge is 0.355 e. The molecule has 1 aliphatic rings. The van der Waals surface area contributed by atoms with E-state index < -0.39 is 5.97 Å². The van der Waals surface area contributed by atoms with Gasteiger partial charge in [0.1, 0.15) is 5.75 Å². The van der Waals surface area contributed by atoms with Crippen molar-refractivity contribution in [3.05, 3.63) is 47.8 Å². The molecule has 0 unspecified atom stereocenters. The summed E-state index contributed by atoms with van der Waals surface area (Å²) in [6.45, 7) is 4.85. The van der Waals surface area contributed by atoms with Crippen molar-refractivity contribution in [3.63, 3.8) is 0 Å². The van der Waals surface area contributed by atoms with Crippen LogP contribution in [0.3, 0.4) is 0 Å². The average Bonchev–Trinajstić information content (AvgIpc) is 2.64. The van der Waals surface area contributed by atoms with Gasteiger partial charge in [0, 0.05) is 11.8 Å². The maximum absolute atomic E-state index is 11.4. The molecule has 0 radical (unpaired) electrons. The molecule has 0 saturated carbocycles. The second-order valence-corrected chi connectivity index (χ2v) is 6.46. The Bertz CT molecular complexity index is 739. The van der Waals surface area contributed by atoms with Gasteiger partial charge in [0.15, 0.2) is 5.69 Å². The van der Waals surface area contributed by atoms with Crippen molar-refractivity contribution in [1.29, 1.82) is 0 Å². The molecule has 5 heteroatoms. The Kier molecular flexibility index (Phi) is 5.66. The van der Waals surface area contributed by atoms with Gasteiger partial charge in [-0.1, -0.05) is 18.2 Å². The third-order valence-electron chi connectivity index (χ3n) is 4.83. The number of rotatable bonds is 6. The number of nitrogens with zero attached hydrogens (tertiary/aromatic N) is 1. The first-order chi connectivity index (χ1) is 12.2. The van der Waals surface area contributed by atoms with Crippen LogP contribution in [0, 0.1) is 12.8 Å². The van der Waals surface area contributed by atoms with Crippen LogP contribution in [0.5, 0.6) is 5.75 Å². The summed E-state index contributed by atoms with van der Waals surface area (Å²) in [5.41, 5.74) is 2.49. The van der Waals surface area contributed by atoms with Crippen LogP contribution in [0.2, 0.25) is 0 Å². The summed E-state index contributed by atoms with van der Waals surface area (Å²) >= 11 is 0. The summed E-state index contributed by atoms with van der Waals surface area (Å²) in [7, 11) is 0. The molecule has 0 spiro atoms. The number of piperidine rings is 1. The van der Waals surface area contributed by atoms with Crippen molar-refractivity contribution < 1.29 is 14.6 Å². The molecule has 3 rings (SSSR count).